The summed E-state index contributed by atoms with van der Waals surface area (Å²) < 4.78 is 26.3. The number of amides is 1. The van der Waals surface area contributed by atoms with Crippen LogP contribution in [0.25, 0.3) is 0 Å². The second kappa shape index (κ2) is 4.38. The Kier molecular flexibility index (Phi) is 3.22. The highest BCUT2D eigenvalue weighted by atomic mass is 79.9. The number of nitrogens with one attached hydrogen (secondary N) is 1. The van der Waals surface area contributed by atoms with Crippen LogP contribution in [-0.4, -0.2) is 19.3 Å². The molecule has 0 unspecified atom stereocenters. The first kappa shape index (κ1) is 12.5. The third-order valence-electron chi connectivity index (χ3n) is 2.67. The molecule has 1 fully saturated rings. The summed E-state index contributed by atoms with van der Waals surface area (Å²) in [5.74, 6) is -0.340. The van der Waals surface area contributed by atoms with Crippen LogP contribution in [0.4, 0.5) is 0 Å². The van der Waals surface area contributed by atoms with E-state index in [9.17, 15) is 13.2 Å². The van der Waals surface area contributed by atoms with Gasteiger partial charge < -0.3 is 0 Å². The molecular weight excluding hydrogens is 308 g/mol. The van der Waals surface area contributed by atoms with Crippen molar-refractivity contribution in [2.75, 3.05) is 0 Å². The van der Waals surface area contributed by atoms with Crippen LogP contribution in [0.5, 0.6) is 0 Å². The molecule has 5 nitrogen and oxygen atoms in total. The van der Waals surface area contributed by atoms with Gasteiger partial charge in [-0.05, 0) is 34.3 Å². The van der Waals surface area contributed by atoms with Crippen molar-refractivity contribution in [2.45, 2.75) is 18.2 Å². The van der Waals surface area contributed by atoms with Crippen LogP contribution in [0.3, 0.4) is 0 Å². The number of hydrogen-bond acceptors (Lipinski definition) is 4. The molecular formula is C10H11BrN2O3S. The van der Waals surface area contributed by atoms with Gasteiger partial charge in [-0.2, -0.15) is 0 Å². The molecule has 0 saturated heterocycles. The first-order chi connectivity index (χ1) is 7.90. The van der Waals surface area contributed by atoms with Crippen LogP contribution in [0, 0.1) is 11.8 Å². The Bertz CT molecular complexity index is 558. The van der Waals surface area contributed by atoms with E-state index in [1.165, 1.54) is 18.5 Å². The van der Waals surface area contributed by atoms with Crippen LogP contribution in [-0.2, 0) is 14.8 Å². The third kappa shape index (κ3) is 2.84. The molecule has 1 heterocycles. The molecule has 1 aromatic heterocycles. The van der Waals surface area contributed by atoms with Crippen LogP contribution in [0.1, 0.15) is 13.3 Å². The number of pyridine rings is 1. The average molecular weight is 319 g/mol. The van der Waals surface area contributed by atoms with Crippen molar-refractivity contribution in [3.05, 3.63) is 22.9 Å². The highest BCUT2D eigenvalue weighted by Gasteiger charge is 2.40. The summed E-state index contributed by atoms with van der Waals surface area (Å²) in [5, 5.41) is 0. The van der Waals surface area contributed by atoms with Crippen molar-refractivity contribution in [2.24, 2.45) is 11.8 Å². The van der Waals surface area contributed by atoms with E-state index in [1.807, 2.05) is 6.92 Å². The summed E-state index contributed by atoms with van der Waals surface area (Å²) in [6, 6.07) is 1.40. The number of sulfonamides is 1. The molecule has 2 rings (SSSR count). The molecule has 17 heavy (non-hydrogen) atoms. The van der Waals surface area contributed by atoms with E-state index < -0.39 is 15.9 Å². The molecule has 7 heteroatoms. The van der Waals surface area contributed by atoms with Crippen molar-refractivity contribution >= 4 is 31.9 Å². The van der Waals surface area contributed by atoms with E-state index in [-0.39, 0.29) is 16.7 Å². The predicted molar refractivity (Wildman–Crippen MR) is 64.5 cm³/mol. The van der Waals surface area contributed by atoms with Gasteiger partial charge in [0.05, 0.1) is 0 Å². The lowest BCUT2D eigenvalue weighted by molar-refractivity contribution is -0.120. The molecule has 1 saturated carbocycles. The van der Waals surface area contributed by atoms with Gasteiger partial charge in [0.1, 0.15) is 4.90 Å². The Balaban J connectivity index is 2.16. The molecule has 2 atom stereocenters. The minimum absolute atomic E-state index is 0.0199. The maximum absolute atomic E-state index is 11.8. The predicted octanol–water partition coefficient (Wildman–Crippen LogP) is 1.30. The second-order valence-corrected chi connectivity index (χ2v) is 6.73. The number of aromatic nitrogens is 1. The molecule has 0 bridgehead atoms. The topological polar surface area (TPSA) is 76.1 Å². The Morgan fingerprint density at radius 1 is 1.53 bits per heavy atom. The van der Waals surface area contributed by atoms with Crippen molar-refractivity contribution in [3.63, 3.8) is 0 Å². The summed E-state index contributed by atoms with van der Waals surface area (Å²) in [5.41, 5.74) is 0. The molecule has 1 aliphatic rings. The minimum atomic E-state index is -3.80. The Labute approximate surface area is 108 Å². The van der Waals surface area contributed by atoms with Crippen LogP contribution < -0.4 is 4.72 Å². The first-order valence-corrected chi connectivity index (χ1v) is 7.35. The number of carbonyl (C=O) groups is 1. The quantitative estimate of drug-likeness (QED) is 0.911. The second-order valence-electron chi connectivity index (χ2n) is 4.13. The number of halogens is 1. The summed E-state index contributed by atoms with van der Waals surface area (Å²) in [6.45, 7) is 1.91. The Morgan fingerprint density at radius 2 is 2.18 bits per heavy atom. The Hall–Kier alpha value is -0.950. The van der Waals surface area contributed by atoms with Gasteiger partial charge in [-0.1, -0.05) is 6.92 Å². The zero-order chi connectivity index (χ0) is 12.6. The molecule has 0 aliphatic heterocycles. The minimum Gasteiger partial charge on any atom is -0.274 e. The van der Waals surface area contributed by atoms with Gasteiger partial charge in [-0.15, -0.1) is 0 Å². The SMILES string of the molecule is C[C@@H]1C[C@H]1C(=O)NS(=O)(=O)c1cncc(Br)c1. The van der Waals surface area contributed by atoms with E-state index in [0.29, 0.717) is 4.47 Å². The van der Waals surface area contributed by atoms with Gasteiger partial charge in [-0.3, -0.25) is 9.78 Å². The van der Waals surface area contributed by atoms with Crippen LogP contribution in [0.2, 0.25) is 0 Å². The largest absolute Gasteiger partial charge is 0.274 e. The average Bonchev–Trinajstić information content (AvgIpc) is 2.95. The van der Waals surface area contributed by atoms with Gasteiger partial charge >= 0.3 is 0 Å². The van der Waals surface area contributed by atoms with Crippen LogP contribution in [0.15, 0.2) is 27.8 Å². The van der Waals surface area contributed by atoms with E-state index >= 15 is 0 Å². The van der Waals surface area contributed by atoms with E-state index in [0.717, 1.165) is 6.42 Å². The summed E-state index contributed by atoms with van der Waals surface area (Å²) >= 11 is 3.13. The van der Waals surface area contributed by atoms with E-state index in [2.05, 4.69) is 25.6 Å². The van der Waals surface area contributed by atoms with E-state index in [4.69, 9.17) is 0 Å². The monoisotopic (exact) mass is 318 g/mol. The number of carbonyl (C=O) groups excluding carboxylic acids is 1. The maximum Gasteiger partial charge on any atom is 0.265 e. The highest BCUT2D eigenvalue weighted by Crippen LogP contribution is 2.37. The molecule has 0 aromatic carbocycles. The molecule has 1 aliphatic carbocycles. The molecule has 92 valence electrons. The third-order valence-corrected chi connectivity index (χ3v) is 4.42. The summed E-state index contributed by atoms with van der Waals surface area (Å²) in [4.78, 5) is 15.3. The van der Waals surface area contributed by atoms with Gasteiger partial charge in [-0.25, -0.2) is 13.1 Å². The van der Waals surface area contributed by atoms with Crippen LogP contribution >= 0.6 is 15.9 Å². The molecule has 1 amide bonds. The smallest absolute Gasteiger partial charge is 0.265 e. The maximum atomic E-state index is 11.8. The van der Waals surface area contributed by atoms with Gasteiger partial charge in [0.25, 0.3) is 10.0 Å². The van der Waals surface area contributed by atoms with Crippen molar-refractivity contribution in [1.82, 2.24) is 9.71 Å². The van der Waals surface area contributed by atoms with Crippen molar-refractivity contribution in [1.29, 1.82) is 0 Å². The van der Waals surface area contributed by atoms with Gasteiger partial charge in [0, 0.05) is 22.8 Å². The normalized spacial score (nSPS) is 23.2. The first-order valence-electron chi connectivity index (χ1n) is 5.07. The lowest BCUT2D eigenvalue weighted by atomic mass is 10.3. The highest BCUT2D eigenvalue weighted by molar-refractivity contribution is 9.10. The molecule has 1 aromatic rings. The fraction of sp³-hybridized carbons (Fsp3) is 0.400. The molecule has 0 spiro atoms. The fourth-order valence-electron chi connectivity index (χ4n) is 1.49. The number of rotatable bonds is 3. The lowest BCUT2D eigenvalue weighted by Gasteiger charge is -2.06. The zero-order valence-electron chi connectivity index (χ0n) is 9.05. The van der Waals surface area contributed by atoms with Crippen molar-refractivity contribution in [3.8, 4) is 0 Å². The van der Waals surface area contributed by atoms with Gasteiger partial charge in [0.2, 0.25) is 5.91 Å². The standard InChI is InChI=1S/C10H11BrN2O3S/c1-6-2-9(6)10(14)13-17(15,16)8-3-7(11)4-12-5-8/h3-6,9H,2H2,1H3,(H,13,14)/t6-,9-/m1/s1. The van der Waals surface area contributed by atoms with Crippen molar-refractivity contribution < 1.29 is 13.2 Å². The van der Waals surface area contributed by atoms with E-state index in [1.54, 1.807) is 0 Å². The summed E-state index contributed by atoms with van der Waals surface area (Å²) in [6.07, 6.45) is 3.43. The fourth-order valence-corrected chi connectivity index (χ4v) is 3.03. The van der Waals surface area contributed by atoms with Gasteiger partial charge in [0.15, 0.2) is 0 Å². The molecule has 1 N–H and O–H groups in total. The molecule has 0 radical (unpaired) electrons. The lowest BCUT2D eigenvalue weighted by Crippen LogP contribution is -2.32. The zero-order valence-corrected chi connectivity index (χ0v) is 11.5. The summed E-state index contributed by atoms with van der Waals surface area (Å²) in [7, 11) is -3.80. The number of hydrogen-bond donors (Lipinski definition) is 1. The Morgan fingerprint density at radius 3 is 2.71 bits per heavy atom. The number of nitrogens with zero attached hydrogens (tertiary/aromatic N) is 1.